The van der Waals surface area contributed by atoms with Crippen LogP contribution in [0.15, 0.2) is 12.3 Å². The summed E-state index contributed by atoms with van der Waals surface area (Å²) in [6.45, 7) is 11.1. The van der Waals surface area contributed by atoms with Crippen molar-refractivity contribution in [3.63, 3.8) is 0 Å². The van der Waals surface area contributed by atoms with E-state index in [2.05, 4.69) is 34.1 Å². The van der Waals surface area contributed by atoms with E-state index in [4.69, 9.17) is 0 Å². The van der Waals surface area contributed by atoms with Crippen LogP contribution in [0.5, 0.6) is 0 Å². The molecule has 0 radical (unpaired) electrons. The minimum absolute atomic E-state index is 0.0766. The molecule has 0 aromatic carbocycles. The summed E-state index contributed by atoms with van der Waals surface area (Å²) in [7, 11) is 0. The zero-order valence-corrected chi connectivity index (χ0v) is 16.5. The Morgan fingerprint density at radius 2 is 1.85 bits per heavy atom. The molecule has 1 aliphatic heterocycles. The molecular formula is C20H35N5O. The van der Waals surface area contributed by atoms with Crippen molar-refractivity contribution in [1.29, 1.82) is 0 Å². The van der Waals surface area contributed by atoms with Gasteiger partial charge >= 0.3 is 0 Å². The lowest BCUT2D eigenvalue weighted by Crippen LogP contribution is -2.49. The number of carbonyl (C=O) groups is 1. The summed E-state index contributed by atoms with van der Waals surface area (Å²) in [5, 5.41) is 7.51. The number of aromatic nitrogens is 2. The molecule has 1 aromatic rings. The van der Waals surface area contributed by atoms with Crippen LogP contribution in [0.4, 0.5) is 5.82 Å². The first-order chi connectivity index (χ1) is 12.6. The molecule has 1 aromatic heterocycles. The average Bonchev–Trinajstić information content (AvgIpc) is 3.04. The van der Waals surface area contributed by atoms with Gasteiger partial charge in [0.15, 0.2) is 0 Å². The molecule has 2 fully saturated rings. The second-order valence-corrected chi connectivity index (χ2v) is 8.42. The first-order valence-electron chi connectivity index (χ1n) is 10.4. The maximum Gasteiger partial charge on any atom is 0.239 e. The van der Waals surface area contributed by atoms with E-state index in [1.165, 1.54) is 32.1 Å². The van der Waals surface area contributed by atoms with Gasteiger partial charge in [-0.3, -0.25) is 9.69 Å². The summed E-state index contributed by atoms with van der Waals surface area (Å²) in [5.41, 5.74) is 0. The highest BCUT2D eigenvalue weighted by atomic mass is 16.2. The van der Waals surface area contributed by atoms with E-state index < -0.39 is 0 Å². The van der Waals surface area contributed by atoms with Crippen LogP contribution >= 0.6 is 0 Å². The molecule has 1 saturated carbocycles. The third-order valence-corrected chi connectivity index (χ3v) is 5.60. The fourth-order valence-electron chi connectivity index (χ4n) is 4.23. The molecule has 0 bridgehead atoms. The van der Waals surface area contributed by atoms with E-state index in [1.807, 2.05) is 10.7 Å². The lowest BCUT2D eigenvalue weighted by Gasteiger charge is -2.35. The van der Waals surface area contributed by atoms with Gasteiger partial charge in [0.05, 0.1) is 12.7 Å². The first kappa shape index (κ1) is 19.4. The molecule has 0 atom stereocenters. The molecule has 146 valence electrons. The van der Waals surface area contributed by atoms with Gasteiger partial charge in [0, 0.05) is 45.3 Å². The number of hydrogen-bond acceptors (Lipinski definition) is 4. The summed E-state index contributed by atoms with van der Waals surface area (Å²) >= 11 is 0. The average molecular weight is 362 g/mol. The molecule has 1 N–H and O–H groups in total. The van der Waals surface area contributed by atoms with Crippen LogP contribution in [0.3, 0.4) is 0 Å². The fourth-order valence-corrected chi connectivity index (χ4v) is 4.23. The maximum absolute atomic E-state index is 12.5. The van der Waals surface area contributed by atoms with Gasteiger partial charge in [0.25, 0.3) is 0 Å². The topological polar surface area (TPSA) is 53.4 Å². The van der Waals surface area contributed by atoms with Gasteiger partial charge in [0.2, 0.25) is 5.91 Å². The van der Waals surface area contributed by atoms with Gasteiger partial charge in [-0.05, 0) is 24.7 Å². The maximum atomic E-state index is 12.5. The van der Waals surface area contributed by atoms with Crippen LogP contribution < -0.4 is 5.32 Å². The van der Waals surface area contributed by atoms with E-state index in [0.29, 0.717) is 18.4 Å². The molecular weight excluding hydrogens is 326 g/mol. The number of hydrogen-bond donors (Lipinski definition) is 1. The fraction of sp³-hybridized carbons (Fsp3) is 0.800. The lowest BCUT2D eigenvalue weighted by atomic mass is 9.89. The summed E-state index contributed by atoms with van der Waals surface area (Å²) < 4.78 is 1.98. The van der Waals surface area contributed by atoms with Crippen LogP contribution in [-0.2, 0) is 11.3 Å². The van der Waals surface area contributed by atoms with Gasteiger partial charge in [0.1, 0.15) is 5.82 Å². The van der Waals surface area contributed by atoms with Crippen LogP contribution in [-0.4, -0.2) is 64.8 Å². The highest BCUT2D eigenvalue weighted by Crippen LogP contribution is 2.25. The van der Waals surface area contributed by atoms with Gasteiger partial charge in [-0.15, -0.1) is 0 Å². The number of carbonyl (C=O) groups excluding carboxylic acids is 1. The van der Waals surface area contributed by atoms with Crippen LogP contribution in [0, 0.1) is 11.8 Å². The Bertz CT molecular complexity index is 556. The molecule has 6 nitrogen and oxygen atoms in total. The van der Waals surface area contributed by atoms with Crippen molar-refractivity contribution >= 4 is 11.7 Å². The Kier molecular flexibility index (Phi) is 7.08. The SMILES string of the molecule is CC(C)CN1CCN(CC(=O)Nc2ccnn2CC2CCCCC2)CC1. The monoisotopic (exact) mass is 361 g/mol. The number of anilines is 1. The number of nitrogens with zero attached hydrogens (tertiary/aromatic N) is 4. The Morgan fingerprint density at radius 1 is 1.15 bits per heavy atom. The van der Waals surface area contributed by atoms with Crippen molar-refractivity contribution in [2.75, 3.05) is 44.6 Å². The molecule has 6 heteroatoms. The van der Waals surface area contributed by atoms with Crippen molar-refractivity contribution in [2.45, 2.75) is 52.5 Å². The highest BCUT2D eigenvalue weighted by molar-refractivity contribution is 5.91. The second kappa shape index (κ2) is 9.51. The standard InChI is InChI=1S/C20H35N5O/c1-17(2)14-23-10-12-24(13-11-23)16-20(26)22-19-8-9-21-25(19)15-18-6-4-3-5-7-18/h8-9,17-18H,3-7,10-16H2,1-2H3,(H,22,26). The van der Waals surface area contributed by atoms with E-state index in [1.54, 1.807) is 6.20 Å². The highest BCUT2D eigenvalue weighted by Gasteiger charge is 2.20. The first-order valence-corrected chi connectivity index (χ1v) is 10.4. The number of amides is 1. The summed E-state index contributed by atoms with van der Waals surface area (Å²) in [5.74, 6) is 2.33. The van der Waals surface area contributed by atoms with E-state index in [9.17, 15) is 4.79 Å². The lowest BCUT2D eigenvalue weighted by molar-refractivity contribution is -0.117. The van der Waals surface area contributed by atoms with Gasteiger partial charge in [-0.2, -0.15) is 5.10 Å². The van der Waals surface area contributed by atoms with Gasteiger partial charge in [-0.25, -0.2) is 4.68 Å². The van der Waals surface area contributed by atoms with Crippen molar-refractivity contribution < 1.29 is 4.79 Å². The number of piperazine rings is 1. The largest absolute Gasteiger partial charge is 0.310 e. The number of nitrogens with one attached hydrogen (secondary N) is 1. The Hall–Kier alpha value is -1.40. The zero-order chi connectivity index (χ0) is 18.4. The molecule has 2 heterocycles. The molecule has 3 rings (SSSR count). The van der Waals surface area contributed by atoms with Crippen molar-refractivity contribution in [3.05, 3.63) is 12.3 Å². The summed E-state index contributed by atoms with van der Waals surface area (Å²) in [6.07, 6.45) is 8.39. The third-order valence-electron chi connectivity index (χ3n) is 5.60. The smallest absolute Gasteiger partial charge is 0.239 e. The predicted octanol–water partition coefficient (Wildman–Crippen LogP) is 2.68. The molecule has 1 saturated heterocycles. The van der Waals surface area contributed by atoms with Gasteiger partial charge in [-0.1, -0.05) is 33.1 Å². The summed E-state index contributed by atoms with van der Waals surface area (Å²) in [6, 6.07) is 1.92. The molecule has 26 heavy (non-hydrogen) atoms. The number of rotatable bonds is 7. The van der Waals surface area contributed by atoms with Crippen molar-refractivity contribution in [2.24, 2.45) is 11.8 Å². The van der Waals surface area contributed by atoms with E-state index >= 15 is 0 Å². The molecule has 2 aliphatic rings. The minimum Gasteiger partial charge on any atom is -0.310 e. The normalized spacial score (nSPS) is 20.6. The Labute approximate surface area is 157 Å². The van der Waals surface area contributed by atoms with Gasteiger partial charge < -0.3 is 10.2 Å². The molecule has 1 aliphatic carbocycles. The van der Waals surface area contributed by atoms with E-state index in [0.717, 1.165) is 45.1 Å². The Morgan fingerprint density at radius 3 is 2.54 bits per heavy atom. The van der Waals surface area contributed by atoms with E-state index in [-0.39, 0.29) is 5.91 Å². The van der Waals surface area contributed by atoms with Crippen molar-refractivity contribution in [1.82, 2.24) is 19.6 Å². The molecule has 0 spiro atoms. The summed E-state index contributed by atoms with van der Waals surface area (Å²) in [4.78, 5) is 17.2. The molecule has 1 amide bonds. The predicted molar refractivity (Wildman–Crippen MR) is 105 cm³/mol. The van der Waals surface area contributed by atoms with Crippen LogP contribution in [0.1, 0.15) is 46.0 Å². The zero-order valence-electron chi connectivity index (χ0n) is 16.5. The Balaban J connectivity index is 1.43. The second-order valence-electron chi connectivity index (χ2n) is 8.42. The molecule has 0 unspecified atom stereocenters. The van der Waals surface area contributed by atoms with Crippen LogP contribution in [0.2, 0.25) is 0 Å². The third kappa shape index (κ3) is 5.81. The quantitative estimate of drug-likeness (QED) is 0.811. The van der Waals surface area contributed by atoms with Crippen molar-refractivity contribution in [3.8, 4) is 0 Å². The van der Waals surface area contributed by atoms with Crippen LogP contribution in [0.25, 0.3) is 0 Å². The minimum atomic E-state index is 0.0766.